The number of aliphatic hydroxyl groups is 5. The molecule has 0 amide bonds. The third kappa shape index (κ3) is 3.24. The first-order valence-electron chi connectivity index (χ1n) is 7.43. The Morgan fingerprint density at radius 1 is 1.00 bits per heavy atom. The van der Waals surface area contributed by atoms with E-state index in [9.17, 15) is 45.3 Å². The lowest BCUT2D eigenvalue weighted by Crippen LogP contribution is -2.71. The number of phenolic OH excluding ortho intramolecular Hbond substituents is 3. The SMILES string of the molecule is C[C@@](O)([C@@](C)(O)C(=O)C(=O)c1cc(O)c(O)c(O)c1)[C@](C)(O)[C@H](O)CO. The van der Waals surface area contributed by atoms with Crippen molar-refractivity contribution in [1.29, 1.82) is 0 Å². The molecule has 10 nitrogen and oxygen atoms in total. The number of carbonyl (C=O) groups excluding carboxylic acids is 2. The van der Waals surface area contributed by atoms with E-state index in [1.165, 1.54) is 0 Å². The van der Waals surface area contributed by atoms with Gasteiger partial charge in [0.05, 0.1) is 6.61 Å². The predicted molar refractivity (Wildman–Crippen MR) is 85.7 cm³/mol. The van der Waals surface area contributed by atoms with Crippen molar-refractivity contribution in [3.63, 3.8) is 0 Å². The van der Waals surface area contributed by atoms with Crippen LogP contribution in [0.2, 0.25) is 0 Å². The molecule has 1 rings (SSSR count). The fraction of sp³-hybridized carbons (Fsp3) is 0.500. The molecule has 26 heavy (non-hydrogen) atoms. The van der Waals surface area contributed by atoms with Gasteiger partial charge in [0.2, 0.25) is 11.6 Å². The number of aliphatic hydroxyl groups excluding tert-OH is 2. The molecule has 0 bridgehead atoms. The van der Waals surface area contributed by atoms with Gasteiger partial charge in [-0.05, 0) is 32.9 Å². The molecule has 1 aromatic carbocycles. The second kappa shape index (κ2) is 6.82. The first kappa shape index (κ1) is 21.8. The summed E-state index contributed by atoms with van der Waals surface area (Å²) < 4.78 is 0. The van der Waals surface area contributed by atoms with E-state index in [-0.39, 0.29) is 0 Å². The Labute approximate surface area is 148 Å². The highest BCUT2D eigenvalue weighted by Crippen LogP contribution is 2.38. The molecule has 146 valence electrons. The highest BCUT2D eigenvalue weighted by atomic mass is 16.4. The quantitative estimate of drug-likeness (QED) is 0.152. The highest BCUT2D eigenvalue weighted by molar-refractivity contribution is 6.46. The average molecular weight is 374 g/mol. The Hall–Kier alpha value is -2.24. The molecule has 0 heterocycles. The topological polar surface area (TPSA) is 196 Å². The number of ketones is 2. The minimum atomic E-state index is -2.95. The molecule has 10 heteroatoms. The molecular formula is C16H22O10. The number of carbonyl (C=O) groups is 2. The first-order chi connectivity index (χ1) is 11.6. The monoisotopic (exact) mass is 374 g/mol. The standard InChI is InChI=1S/C16H22O10/c1-14(24,10(20)6-17)16(3,26)15(2,25)13(23)11(21)7-4-8(18)12(22)9(19)5-7/h4-5,10,17-20,22,24-26H,6H2,1-3H3/t10-,14-,15+,16+/m1/s1. The van der Waals surface area contributed by atoms with Gasteiger partial charge in [0.1, 0.15) is 17.3 Å². The summed E-state index contributed by atoms with van der Waals surface area (Å²) >= 11 is 0. The molecule has 0 fully saturated rings. The van der Waals surface area contributed by atoms with E-state index in [1.54, 1.807) is 0 Å². The number of aromatic hydroxyl groups is 3. The van der Waals surface area contributed by atoms with Crippen LogP contribution in [0.3, 0.4) is 0 Å². The van der Waals surface area contributed by atoms with Crippen molar-refractivity contribution in [3.8, 4) is 17.2 Å². The highest BCUT2D eigenvalue weighted by Gasteiger charge is 2.61. The van der Waals surface area contributed by atoms with Crippen LogP contribution in [0.4, 0.5) is 0 Å². The zero-order valence-corrected chi connectivity index (χ0v) is 14.3. The Balaban J connectivity index is 3.35. The molecule has 4 atom stereocenters. The summed E-state index contributed by atoms with van der Waals surface area (Å²) in [5, 5.41) is 78.0. The molecule has 0 saturated carbocycles. The average Bonchev–Trinajstić information content (AvgIpc) is 2.56. The summed E-state index contributed by atoms with van der Waals surface area (Å²) in [7, 11) is 0. The van der Waals surface area contributed by atoms with Gasteiger partial charge in [0.25, 0.3) is 0 Å². The van der Waals surface area contributed by atoms with Gasteiger partial charge in [-0.3, -0.25) is 9.59 Å². The van der Waals surface area contributed by atoms with Gasteiger partial charge in [-0.25, -0.2) is 0 Å². The van der Waals surface area contributed by atoms with Crippen molar-refractivity contribution in [2.75, 3.05) is 6.61 Å². The van der Waals surface area contributed by atoms with Crippen molar-refractivity contribution in [2.45, 2.75) is 43.7 Å². The molecule has 0 aliphatic heterocycles. The molecule has 0 aliphatic rings. The molecular weight excluding hydrogens is 352 g/mol. The predicted octanol–water partition coefficient (Wildman–Crippen LogP) is -1.84. The van der Waals surface area contributed by atoms with Gasteiger partial charge in [-0.1, -0.05) is 0 Å². The van der Waals surface area contributed by atoms with Crippen LogP contribution in [0, 0.1) is 0 Å². The maximum atomic E-state index is 12.4. The van der Waals surface area contributed by atoms with E-state index >= 15 is 0 Å². The van der Waals surface area contributed by atoms with Gasteiger partial charge in [0.15, 0.2) is 22.8 Å². The van der Waals surface area contributed by atoms with Gasteiger partial charge >= 0.3 is 0 Å². The van der Waals surface area contributed by atoms with Gasteiger partial charge in [-0.15, -0.1) is 0 Å². The third-order valence-electron chi connectivity index (χ3n) is 4.74. The van der Waals surface area contributed by atoms with E-state index in [0.29, 0.717) is 19.1 Å². The van der Waals surface area contributed by atoms with Gasteiger partial charge in [-0.2, -0.15) is 0 Å². The minimum Gasteiger partial charge on any atom is -0.504 e. The zero-order chi connectivity index (χ0) is 20.7. The lowest BCUT2D eigenvalue weighted by molar-refractivity contribution is -0.250. The van der Waals surface area contributed by atoms with E-state index in [1.807, 2.05) is 0 Å². The molecule has 0 spiro atoms. The van der Waals surface area contributed by atoms with E-state index in [0.717, 1.165) is 13.8 Å². The molecule has 8 N–H and O–H groups in total. The molecule has 1 aromatic rings. The maximum absolute atomic E-state index is 12.4. The summed E-state index contributed by atoms with van der Waals surface area (Å²) in [5.41, 5.74) is -8.98. The van der Waals surface area contributed by atoms with E-state index in [4.69, 9.17) is 5.11 Å². The van der Waals surface area contributed by atoms with Crippen molar-refractivity contribution in [2.24, 2.45) is 0 Å². The largest absolute Gasteiger partial charge is 0.504 e. The summed E-state index contributed by atoms with van der Waals surface area (Å²) in [6.45, 7) is 1.33. The van der Waals surface area contributed by atoms with Crippen molar-refractivity contribution in [3.05, 3.63) is 17.7 Å². The van der Waals surface area contributed by atoms with Crippen LogP contribution in [-0.2, 0) is 4.79 Å². The summed E-state index contributed by atoms with van der Waals surface area (Å²) in [6.07, 6.45) is -1.96. The van der Waals surface area contributed by atoms with Crippen LogP contribution < -0.4 is 0 Å². The van der Waals surface area contributed by atoms with Crippen LogP contribution in [0.5, 0.6) is 17.2 Å². The van der Waals surface area contributed by atoms with E-state index < -0.39 is 63.9 Å². The molecule has 0 radical (unpaired) electrons. The Morgan fingerprint density at radius 3 is 1.81 bits per heavy atom. The zero-order valence-electron chi connectivity index (χ0n) is 14.3. The lowest BCUT2D eigenvalue weighted by Gasteiger charge is -2.47. The van der Waals surface area contributed by atoms with Crippen LogP contribution in [0.1, 0.15) is 31.1 Å². The number of rotatable bonds is 7. The molecule has 0 saturated heterocycles. The number of hydrogen-bond donors (Lipinski definition) is 8. The molecule has 0 aliphatic carbocycles. The minimum absolute atomic E-state index is 0.610. The number of hydrogen-bond acceptors (Lipinski definition) is 10. The van der Waals surface area contributed by atoms with Crippen LogP contribution in [0.25, 0.3) is 0 Å². The number of Topliss-reactive ketones (excluding diaryl/α,β-unsaturated/α-hetero) is 2. The normalized spacial score (nSPS) is 19.7. The summed E-state index contributed by atoms with van der Waals surface area (Å²) in [4.78, 5) is 24.7. The Kier molecular flexibility index (Phi) is 5.72. The fourth-order valence-electron chi connectivity index (χ4n) is 2.30. The van der Waals surface area contributed by atoms with Crippen LogP contribution in [-0.4, -0.2) is 81.9 Å². The van der Waals surface area contributed by atoms with Gasteiger partial charge in [0, 0.05) is 5.56 Å². The van der Waals surface area contributed by atoms with Crippen LogP contribution >= 0.6 is 0 Å². The van der Waals surface area contributed by atoms with Crippen LogP contribution in [0.15, 0.2) is 12.1 Å². The summed E-state index contributed by atoms with van der Waals surface area (Å²) in [5.74, 6) is -5.85. The second-order valence-corrected chi connectivity index (χ2v) is 6.51. The molecule has 0 aromatic heterocycles. The maximum Gasteiger partial charge on any atom is 0.237 e. The Bertz CT molecular complexity index is 697. The number of benzene rings is 1. The molecule has 0 unspecified atom stereocenters. The smallest absolute Gasteiger partial charge is 0.237 e. The third-order valence-corrected chi connectivity index (χ3v) is 4.74. The van der Waals surface area contributed by atoms with E-state index in [2.05, 4.69) is 0 Å². The Morgan fingerprint density at radius 2 is 1.42 bits per heavy atom. The fourth-order valence-corrected chi connectivity index (χ4v) is 2.30. The van der Waals surface area contributed by atoms with Crippen molar-refractivity contribution >= 4 is 11.6 Å². The number of phenols is 3. The van der Waals surface area contributed by atoms with Crippen molar-refractivity contribution < 1.29 is 50.4 Å². The summed E-state index contributed by atoms with van der Waals surface area (Å²) in [6, 6.07) is 1.31. The van der Waals surface area contributed by atoms with Crippen molar-refractivity contribution in [1.82, 2.24) is 0 Å². The lowest BCUT2D eigenvalue weighted by atomic mass is 9.68. The first-order valence-corrected chi connectivity index (χ1v) is 7.43. The van der Waals surface area contributed by atoms with Gasteiger partial charge < -0.3 is 40.9 Å². The second-order valence-electron chi connectivity index (χ2n) is 6.51.